The van der Waals surface area contributed by atoms with E-state index in [2.05, 4.69) is 62.5 Å². The first-order chi connectivity index (χ1) is 7.40. The van der Waals surface area contributed by atoms with Gasteiger partial charge in [0, 0.05) is 17.9 Å². The van der Waals surface area contributed by atoms with Gasteiger partial charge in [-0.1, -0.05) is 43.6 Å². The molecule has 0 bridgehead atoms. The Balaban J connectivity index is 4.33. The van der Waals surface area contributed by atoms with E-state index in [1.54, 1.807) is 0 Å². The molecule has 0 rings (SSSR count). The molecule has 2 heteroatoms. The molecule has 0 fully saturated rings. The summed E-state index contributed by atoms with van der Waals surface area (Å²) in [7, 11) is 2.27. The molecule has 0 aliphatic heterocycles. The van der Waals surface area contributed by atoms with Gasteiger partial charge in [0.1, 0.15) is 0 Å². The lowest BCUT2D eigenvalue weighted by molar-refractivity contribution is 0.139. The Morgan fingerprint density at radius 1 is 1.12 bits per heavy atom. The van der Waals surface area contributed by atoms with Crippen molar-refractivity contribution in [2.24, 2.45) is 11.3 Å². The summed E-state index contributed by atoms with van der Waals surface area (Å²) >= 11 is 3.70. The summed E-state index contributed by atoms with van der Waals surface area (Å²) in [6.45, 7) is 12.8. The van der Waals surface area contributed by atoms with E-state index in [1.807, 2.05) is 0 Å². The number of nitrogens with zero attached hydrogens (tertiary/aromatic N) is 1. The summed E-state index contributed by atoms with van der Waals surface area (Å²) in [6.07, 6.45) is 3.81. The molecule has 0 N–H and O–H groups in total. The van der Waals surface area contributed by atoms with E-state index >= 15 is 0 Å². The molecule has 0 aromatic carbocycles. The van der Waals surface area contributed by atoms with Crippen LogP contribution in [0.1, 0.15) is 53.9 Å². The van der Waals surface area contributed by atoms with Crippen LogP contribution in [0.25, 0.3) is 0 Å². The summed E-state index contributed by atoms with van der Waals surface area (Å²) in [4.78, 5) is 2.54. The molecule has 0 spiro atoms. The van der Waals surface area contributed by atoms with Gasteiger partial charge in [-0.25, -0.2) is 0 Å². The topological polar surface area (TPSA) is 3.24 Å². The second-order valence-corrected chi connectivity index (χ2v) is 6.30. The van der Waals surface area contributed by atoms with E-state index in [0.717, 1.165) is 11.2 Å². The van der Waals surface area contributed by atoms with Gasteiger partial charge in [0.05, 0.1) is 0 Å². The molecule has 0 heterocycles. The van der Waals surface area contributed by atoms with Crippen LogP contribution in [0.2, 0.25) is 0 Å². The standard InChI is InChI=1S/C14H30BrN/c1-7-14(8-2,10-15)11-16(6)13(5)9-12(3)4/h12-13H,7-11H2,1-6H3. The van der Waals surface area contributed by atoms with Crippen LogP contribution in [0.3, 0.4) is 0 Å². The van der Waals surface area contributed by atoms with Gasteiger partial charge < -0.3 is 4.90 Å². The van der Waals surface area contributed by atoms with Gasteiger partial charge in [0.2, 0.25) is 0 Å². The first-order valence-electron chi connectivity index (χ1n) is 6.67. The number of halogens is 1. The fraction of sp³-hybridized carbons (Fsp3) is 1.00. The molecule has 0 radical (unpaired) electrons. The number of rotatable bonds is 8. The maximum atomic E-state index is 3.70. The molecule has 0 saturated carbocycles. The van der Waals surface area contributed by atoms with Crippen LogP contribution in [0.5, 0.6) is 0 Å². The van der Waals surface area contributed by atoms with Crippen LogP contribution in [0, 0.1) is 11.3 Å². The van der Waals surface area contributed by atoms with E-state index in [1.165, 1.54) is 25.8 Å². The minimum absolute atomic E-state index is 0.458. The van der Waals surface area contributed by atoms with Crippen molar-refractivity contribution < 1.29 is 0 Å². The third-order valence-electron chi connectivity index (χ3n) is 3.93. The molecule has 0 aromatic heterocycles. The third kappa shape index (κ3) is 5.18. The van der Waals surface area contributed by atoms with Crippen molar-refractivity contribution in [3.8, 4) is 0 Å². The lowest BCUT2D eigenvalue weighted by Gasteiger charge is -2.37. The maximum Gasteiger partial charge on any atom is 0.01000 e. The van der Waals surface area contributed by atoms with Gasteiger partial charge in [-0.05, 0) is 44.6 Å². The average molecular weight is 292 g/mol. The smallest absolute Gasteiger partial charge is 0.01000 e. The quantitative estimate of drug-likeness (QED) is 0.593. The van der Waals surface area contributed by atoms with Crippen molar-refractivity contribution in [1.29, 1.82) is 0 Å². The molecule has 0 aliphatic carbocycles. The van der Waals surface area contributed by atoms with Crippen molar-refractivity contribution in [2.75, 3.05) is 18.9 Å². The van der Waals surface area contributed by atoms with Crippen molar-refractivity contribution in [3.05, 3.63) is 0 Å². The highest BCUT2D eigenvalue weighted by molar-refractivity contribution is 9.09. The normalized spacial score (nSPS) is 14.8. The monoisotopic (exact) mass is 291 g/mol. The zero-order valence-corrected chi connectivity index (χ0v) is 13.6. The molecular formula is C14H30BrN. The SMILES string of the molecule is CCC(CC)(CBr)CN(C)C(C)CC(C)C. The Bertz CT molecular complexity index is 167. The summed E-state index contributed by atoms with van der Waals surface area (Å²) in [5, 5.41) is 1.12. The second-order valence-electron chi connectivity index (χ2n) is 5.73. The fourth-order valence-corrected chi connectivity index (χ4v) is 3.22. The number of alkyl halides is 1. The molecular weight excluding hydrogens is 262 g/mol. The minimum atomic E-state index is 0.458. The van der Waals surface area contributed by atoms with Gasteiger partial charge in [0.15, 0.2) is 0 Å². The Labute approximate surface area is 111 Å². The fourth-order valence-electron chi connectivity index (χ4n) is 2.25. The molecule has 0 aliphatic rings. The van der Waals surface area contributed by atoms with E-state index in [4.69, 9.17) is 0 Å². The van der Waals surface area contributed by atoms with Crippen LogP contribution in [-0.2, 0) is 0 Å². The molecule has 1 nitrogen and oxygen atoms in total. The lowest BCUT2D eigenvalue weighted by atomic mass is 9.83. The van der Waals surface area contributed by atoms with Crippen LogP contribution < -0.4 is 0 Å². The van der Waals surface area contributed by atoms with Crippen LogP contribution in [0.15, 0.2) is 0 Å². The Morgan fingerprint density at radius 2 is 1.62 bits per heavy atom. The average Bonchev–Trinajstić information content (AvgIpc) is 2.25. The van der Waals surface area contributed by atoms with Crippen molar-refractivity contribution >= 4 is 15.9 Å². The van der Waals surface area contributed by atoms with E-state index in [-0.39, 0.29) is 0 Å². The predicted octanol–water partition coefficient (Wildman–Crippen LogP) is 4.55. The first kappa shape index (κ1) is 16.4. The van der Waals surface area contributed by atoms with Gasteiger partial charge in [0.25, 0.3) is 0 Å². The van der Waals surface area contributed by atoms with Crippen molar-refractivity contribution in [1.82, 2.24) is 4.90 Å². The third-order valence-corrected chi connectivity index (χ3v) is 5.12. The maximum absolute atomic E-state index is 3.70. The van der Waals surface area contributed by atoms with E-state index in [9.17, 15) is 0 Å². The van der Waals surface area contributed by atoms with Gasteiger partial charge in [-0.2, -0.15) is 0 Å². The molecule has 1 atom stereocenters. The van der Waals surface area contributed by atoms with Crippen molar-refractivity contribution in [3.63, 3.8) is 0 Å². The Hall–Kier alpha value is 0.440. The summed E-state index contributed by atoms with van der Waals surface area (Å²) in [5.74, 6) is 0.791. The Morgan fingerprint density at radius 3 is 1.94 bits per heavy atom. The van der Waals surface area contributed by atoms with Gasteiger partial charge in [-0.3, -0.25) is 0 Å². The summed E-state index contributed by atoms with van der Waals surface area (Å²) in [6, 6.07) is 0.691. The number of hydrogen-bond donors (Lipinski definition) is 0. The summed E-state index contributed by atoms with van der Waals surface area (Å²) in [5.41, 5.74) is 0.458. The molecule has 0 aromatic rings. The molecule has 16 heavy (non-hydrogen) atoms. The second kappa shape index (κ2) is 7.71. The van der Waals surface area contributed by atoms with E-state index < -0.39 is 0 Å². The van der Waals surface area contributed by atoms with E-state index in [0.29, 0.717) is 11.5 Å². The molecule has 0 saturated heterocycles. The first-order valence-corrected chi connectivity index (χ1v) is 7.79. The molecule has 1 unspecified atom stereocenters. The van der Waals surface area contributed by atoms with Gasteiger partial charge in [-0.15, -0.1) is 0 Å². The highest BCUT2D eigenvalue weighted by Gasteiger charge is 2.27. The predicted molar refractivity (Wildman–Crippen MR) is 78.4 cm³/mol. The Kier molecular flexibility index (Phi) is 7.92. The van der Waals surface area contributed by atoms with Crippen LogP contribution >= 0.6 is 15.9 Å². The minimum Gasteiger partial charge on any atom is -0.303 e. The van der Waals surface area contributed by atoms with Crippen LogP contribution in [0.4, 0.5) is 0 Å². The lowest BCUT2D eigenvalue weighted by Crippen LogP contribution is -2.41. The number of hydrogen-bond acceptors (Lipinski definition) is 1. The largest absolute Gasteiger partial charge is 0.303 e. The highest BCUT2D eigenvalue weighted by Crippen LogP contribution is 2.30. The highest BCUT2D eigenvalue weighted by atomic mass is 79.9. The zero-order valence-electron chi connectivity index (χ0n) is 12.0. The van der Waals surface area contributed by atoms with Crippen molar-refractivity contribution in [2.45, 2.75) is 59.9 Å². The summed E-state index contributed by atoms with van der Waals surface area (Å²) < 4.78 is 0. The van der Waals surface area contributed by atoms with Gasteiger partial charge >= 0.3 is 0 Å². The zero-order chi connectivity index (χ0) is 12.8. The molecule has 98 valence electrons. The van der Waals surface area contributed by atoms with Crippen LogP contribution in [-0.4, -0.2) is 29.9 Å². The molecule has 0 amide bonds.